The van der Waals surface area contributed by atoms with Crippen LogP contribution in [-0.4, -0.2) is 0 Å². The third kappa shape index (κ3) is 3.39. The average molecular weight is 450 g/mol. The van der Waals surface area contributed by atoms with Gasteiger partial charge >= 0.3 is 0 Å². The molecule has 0 radical (unpaired) electrons. The van der Waals surface area contributed by atoms with Gasteiger partial charge in [-0.1, -0.05) is 97.1 Å². The first-order chi connectivity index (χ1) is 17.4. The van der Waals surface area contributed by atoms with Crippen molar-refractivity contribution in [3.05, 3.63) is 156 Å². The van der Waals surface area contributed by atoms with E-state index in [1.165, 1.54) is 33.5 Å². The molecule has 0 heterocycles. The molecule has 0 aliphatic heterocycles. The SMILES string of the molecule is C1=CC2=CCC3C=CC(c4ccc(N(c5ccccc5)c5ccccc5)cc4)=C4C=CC(=C1)C2C43. The Morgan fingerprint density at radius 1 is 0.629 bits per heavy atom. The molecule has 35 heavy (non-hydrogen) atoms. The van der Waals surface area contributed by atoms with Crippen molar-refractivity contribution in [1.82, 2.24) is 0 Å². The Morgan fingerprint density at radius 3 is 2.03 bits per heavy atom. The van der Waals surface area contributed by atoms with E-state index in [4.69, 9.17) is 0 Å². The molecule has 1 heteroatoms. The Morgan fingerprint density at radius 2 is 1.31 bits per heavy atom. The molecule has 1 nitrogen and oxygen atoms in total. The molecule has 3 aromatic rings. The highest BCUT2D eigenvalue weighted by Crippen LogP contribution is 2.52. The predicted octanol–water partition coefficient (Wildman–Crippen LogP) is 8.72. The molecule has 3 aromatic carbocycles. The smallest absolute Gasteiger partial charge is 0.0462 e. The summed E-state index contributed by atoms with van der Waals surface area (Å²) in [7, 11) is 0. The normalized spacial score (nSPS) is 23.5. The van der Waals surface area contributed by atoms with Crippen LogP contribution in [0.5, 0.6) is 0 Å². The van der Waals surface area contributed by atoms with Crippen molar-refractivity contribution in [3.8, 4) is 0 Å². The second-order valence-electron chi connectivity index (χ2n) is 9.75. The maximum atomic E-state index is 2.46. The summed E-state index contributed by atoms with van der Waals surface area (Å²) < 4.78 is 0. The molecule has 4 aliphatic rings. The lowest BCUT2D eigenvalue weighted by Crippen LogP contribution is -2.34. The van der Waals surface area contributed by atoms with Crippen LogP contribution in [-0.2, 0) is 0 Å². The van der Waals surface area contributed by atoms with E-state index in [1.807, 2.05) is 0 Å². The van der Waals surface area contributed by atoms with Crippen molar-refractivity contribution in [1.29, 1.82) is 0 Å². The fraction of sp³-hybridized carbons (Fsp3) is 0.118. The first-order valence-electron chi connectivity index (χ1n) is 12.6. The summed E-state index contributed by atoms with van der Waals surface area (Å²) in [5.74, 6) is 1.64. The van der Waals surface area contributed by atoms with Gasteiger partial charge in [-0.05, 0) is 76.6 Å². The third-order valence-electron chi connectivity index (χ3n) is 7.84. The number of hydrogen-bond donors (Lipinski definition) is 0. The highest BCUT2D eigenvalue weighted by Gasteiger charge is 2.41. The summed E-state index contributed by atoms with van der Waals surface area (Å²) in [4.78, 5) is 2.32. The van der Waals surface area contributed by atoms with Gasteiger partial charge in [-0.3, -0.25) is 0 Å². The van der Waals surface area contributed by atoms with Crippen molar-refractivity contribution >= 4 is 22.6 Å². The van der Waals surface area contributed by atoms with E-state index in [1.54, 1.807) is 0 Å². The van der Waals surface area contributed by atoms with Crippen LogP contribution in [0.3, 0.4) is 0 Å². The fourth-order valence-corrected chi connectivity index (χ4v) is 6.25. The summed E-state index contributed by atoms with van der Waals surface area (Å²) in [5.41, 5.74) is 10.6. The van der Waals surface area contributed by atoms with E-state index in [2.05, 4.69) is 138 Å². The lowest BCUT2D eigenvalue weighted by molar-refractivity contribution is 0.360. The minimum atomic E-state index is 0.504. The molecule has 0 bridgehead atoms. The molecule has 7 rings (SSSR count). The molecule has 0 fully saturated rings. The number of hydrogen-bond acceptors (Lipinski definition) is 1. The van der Waals surface area contributed by atoms with Crippen molar-refractivity contribution in [2.75, 3.05) is 4.90 Å². The lowest BCUT2D eigenvalue weighted by Gasteiger charge is -2.44. The Balaban J connectivity index is 1.29. The quantitative estimate of drug-likeness (QED) is 0.385. The van der Waals surface area contributed by atoms with Crippen molar-refractivity contribution in [3.63, 3.8) is 0 Å². The van der Waals surface area contributed by atoms with Crippen LogP contribution in [0.25, 0.3) is 5.57 Å². The first-order valence-corrected chi connectivity index (χ1v) is 12.6. The molecule has 0 N–H and O–H groups in total. The van der Waals surface area contributed by atoms with Crippen molar-refractivity contribution in [2.24, 2.45) is 17.8 Å². The first kappa shape index (κ1) is 20.3. The number of rotatable bonds is 4. The lowest BCUT2D eigenvalue weighted by atomic mass is 9.60. The summed E-state index contributed by atoms with van der Waals surface area (Å²) in [5, 5.41) is 0. The zero-order valence-electron chi connectivity index (χ0n) is 19.6. The zero-order chi connectivity index (χ0) is 23.2. The minimum Gasteiger partial charge on any atom is -0.311 e. The molecule has 168 valence electrons. The van der Waals surface area contributed by atoms with E-state index >= 15 is 0 Å². The summed E-state index contributed by atoms with van der Waals surface area (Å²) >= 11 is 0. The molecule has 4 aliphatic carbocycles. The highest BCUT2D eigenvalue weighted by atomic mass is 15.1. The van der Waals surface area contributed by atoms with E-state index in [0.29, 0.717) is 17.8 Å². The van der Waals surface area contributed by atoms with Crippen LogP contribution in [0.4, 0.5) is 17.1 Å². The summed E-state index contributed by atoms with van der Waals surface area (Å²) in [6.07, 6.45) is 20.0. The van der Waals surface area contributed by atoms with Gasteiger partial charge in [0.1, 0.15) is 0 Å². The van der Waals surface area contributed by atoms with Gasteiger partial charge in [0.15, 0.2) is 0 Å². The summed E-state index contributed by atoms with van der Waals surface area (Å²) in [6, 6.07) is 30.3. The van der Waals surface area contributed by atoms with E-state index in [-0.39, 0.29) is 0 Å². The van der Waals surface area contributed by atoms with Crippen molar-refractivity contribution < 1.29 is 0 Å². The highest BCUT2D eigenvalue weighted by molar-refractivity contribution is 5.84. The molecular weight excluding hydrogens is 422 g/mol. The zero-order valence-corrected chi connectivity index (χ0v) is 19.6. The number of anilines is 3. The van der Waals surface area contributed by atoms with Gasteiger partial charge < -0.3 is 4.90 Å². The van der Waals surface area contributed by atoms with Gasteiger partial charge in [0.25, 0.3) is 0 Å². The second-order valence-corrected chi connectivity index (χ2v) is 9.75. The van der Waals surface area contributed by atoms with Gasteiger partial charge in [0.2, 0.25) is 0 Å². The van der Waals surface area contributed by atoms with Crippen LogP contribution in [0, 0.1) is 17.8 Å². The number of para-hydroxylation sites is 2. The standard InChI is InChI=1S/C34H27N/c1-3-10-28(11-4-1)35(29-12-5-2-6-13-29)30-20-16-24(17-21-30)31-22-18-27-15-14-25-8-7-9-26-19-23-32(31)34(27)33(25)26/h1-14,16-23,27,33-34H,15H2. The molecule has 0 amide bonds. The van der Waals surface area contributed by atoms with Crippen molar-refractivity contribution in [2.45, 2.75) is 6.42 Å². The molecule has 0 spiro atoms. The van der Waals surface area contributed by atoms with Crippen LogP contribution in [0.1, 0.15) is 12.0 Å². The number of allylic oxidation sites excluding steroid dienone is 12. The van der Waals surface area contributed by atoms with Gasteiger partial charge in [0, 0.05) is 28.9 Å². The average Bonchev–Trinajstić information content (AvgIpc) is 2.93. The van der Waals surface area contributed by atoms with E-state index < -0.39 is 0 Å². The van der Waals surface area contributed by atoms with Gasteiger partial charge in [-0.15, -0.1) is 0 Å². The molecule has 3 atom stereocenters. The second kappa shape index (κ2) is 8.29. The van der Waals surface area contributed by atoms with E-state index in [9.17, 15) is 0 Å². The molecular formula is C34H27N. The molecule has 3 unspecified atom stereocenters. The minimum absolute atomic E-state index is 0.504. The Labute approximate surface area is 207 Å². The largest absolute Gasteiger partial charge is 0.311 e. The topological polar surface area (TPSA) is 3.24 Å². The number of nitrogens with zero attached hydrogens (tertiary/aromatic N) is 1. The maximum absolute atomic E-state index is 2.46. The fourth-order valence-electron chi connectivity index (χ4n) is 6.25. The Hall–Kier alpha value is -4.10. The molecule has 0 aromatic heterocycles. The Kier molecular flexibility index (Phi) is 4.80. The third-order valence-corrected chi connectivity index (χ3v) is 7.84. The number of benzene rings is 3. The monoisotopic (exact) mass is 449 g/mol. The van der Waals surface area contributed by atoms with Crippen LogP contribution < -0.4 is 4.90 Å². The van der Waals surface area contributed by atoms with Crippen LogP contribution >= 0.6 is 0 Å². The van der Waals surface area contributed by atoms with Gasteiger partial charge in [-0.25, -0.2) is 0 Å². The Bertz CT molecular complexity index is 1410. The molecule has 0 saturated carbocycles. The van der Waals surface area contributed by atoms with Crippen LogP contribution in [0.15, 0.2) is 150 Å². The molecule has 0 saturated heterocycles. The summed E-state index contributed by atoms with van der Waals surface area (Å²) in [6.45, 7) is 0. The van der Waals surface area contributed by atoms with E-state index in [0.717, 1.165) is 17.8 Å². The van der Waals surface area contributed by atoms with Gasteiger partial charge in [-0.2, -0.15) is 0 Å². The maximum Gasteiger partial charge on any atom is 0.0462 e. The predicted molar refractivity (Wildman–Crippen MR) is 147 cm³/mol. The van der Waals surface area contributed by atoms with Crippen LogP contribution in [0.2, 0.25) is 0 Å². The van der Waals surface area contributed by atoms with Gasteiger partial charge in [0.05, 0.1) is 0 Å².